The Morgan fingerprint density at radius 1 is 1.09 bits per heavy atom. The summed E-state index contributed by atoms with van der Waals surface area (Å²) in [7, 11) is 0. The van der Waals surface area contributed by atoms with Crippen molar-refractivity contribution >= 4 is 11.5 Å². The second-order valence-electron chi connectivity index (χ2n) is 9.33. The van der Waals surface area contributed by atoms with Crippen LogP contribution in [0.4, 0.5) is 0 Å². The van der Waals surface area contributed by atoms with E-state index in [0.29, 0.717) is 23.7 Å². The van der Waals surface area contributed by atoms with Crippen molar-refractivity contribution in [2.75, 3.05) is 0 Å². The second kappa shape index (κ2) is 9.45. The van der Waals surface area contributed by atoms with Crippen molar-refractivity contribution in [3.63, 3.8) is 0 Å². The van der Waals surface area contributed by atoms with E-state index in [1.807, 2.05) is 62.4 Å². The highest BCUT2D eigenvalue weighted by molar-refractivity contribution is 6.00. The van der Waals surface area contributed by atoms with Crippen molar-refractivity contribution in [1.29, 1.82) is 0 Å². The molecular weight excluding hydrogens is 432 g/mol. The van der Waals surface area contributed by atoms with Crippen LogP contribution in [0.3, 0.4) is 0 Å². The van der Waals surface area contributed by atoms with E-state index >= 15 is 0 Å². The van der Waals surface area contributed by atoms with Crippen LogP contribution >= 0.6 is 0 Å². The molecule has 6 nitrogen and oxygen atoms in total. The van der Waals surface area contributed by atoms with Crippen molar-refractivity contribution in [3.05, 3.63) is 77.3 Å². The molecule has 1 saturated carbocycles. The van der Waals surface area contributed by atoms with Gasteiger partial charge in [-0.25, -0.2) is 4.79 Å². The van der Waals surface area contributed by atoms with Gasteiger partial charge in [-0.1, -0.05) is 43.2 Å². The van der Waals surface area contributed by atoms with Crippen LogP contribution in [0.15, 0.2) is 66.1 Å². The third kappa shape index (κ3) is 4.49. The average Bonchev–Trinajstić information content (AvgIpc) is 3.50. The molecule has 0 aromatic heterocycles. The molecule has 0 bridgehead atoms. The highest BCUT2D eigenvalue weighted by Crippen LogP contribution is 2.48. The topological polar surface area (TPSA) is 74.2 Å². The van der Waals surface area contributed by atoms with Crippen molar-refractivity contribution < 1.29 is 28.8 Å². The minimum Gasteiger partial charge on any atom is -0.491 e. The molecule has 3 aliphatic rings. The molecule has 6 heteroatoms. The maximum Gasteiger partial charge on any atom is 0.336 e. The van der Waals surface area contributed by atoms with Crippen LogP contribution in [0.25, 0.3) is 5.57 Å². The minimum atomic E-state index is -0.997. The Morgan fingerprint density at radius 3 is 2.56 bits per heavy atom. The van der Waals surface area contributed by atoms with Gasteiger partial charge in [-0.05, 0) is 61.9 Å². The van der Waals surface area contributed by atoms with Crippen LogP contribution in [0.1, 0.15) is 50.7 Å². The number of carbonyl (C=O) groups is 1. The molecule has 2 aliphatic heterocycles. The van der Waals surface area contributed by atoms with Crippen LogP contribution in [0, 0.1) is 5.92 Å². The van der Waals surface area contributed by atoms with Gasteiger partial charge in [0.1, 0.15) is 17.8 Å². The quantitative estimate of drug-likeness (QED) is 0.567. The summed E-state index contributed by atoms with van der Waals surface area (Å²) >= 11 is 0. The van der Waals surface area contributed by atoms with Gasteiger partial charge in [-0.2, -0.15) is 0 Å². The van der Waals surface area contributed by atoms with Crippen LogP contribution in [0.2, 0.25) is 0 Å². The highest BCUT2D eigenvalue weighted by Gasteiger charge is 2.42. The number of carboxylic acids is 1. The molecule has 5 rings (SSSR count). The van der Waals surface area contributed by atoms with Gasteiger partial charge in [0.25, 0.3) is 0 Å². The molecule has 0 spiro atoms. The normalized spacial score (nSPS) is 22.0. The Hall–Kier alpha value is -3.41. The van der Waals surface area contributed by atoms with Gasteiger partial charge in [0.05, 0.1) is 11.7 Å². The predicted molar refractivity (Wildman–Crippen MR) is 127 cm³/mol. The van der Waals surface area contributed by atoms with E-state index in [1.54, 1.807) is 0 Å². The van der Waals surface area contributed by atoms with E-state index in [-0.39, 0.29) is 17.6 Å². The summed E-state index contributed by atoms with van der Waals surface area (Å²) in [5, 5.41) is 10.3. The Kier molecular flexibility index (Phi) is 6.22. The van der Waals surface area contributed by atoms with E-state index in [0.717, 1.165) is 42.4 Å². The molecule has 178 valence electrons. The summed E-state index contributed by atoms with van der Waals surface area (Å²) in [5.41, 5.74) is 2.95. The van der Waals surface area contributed by atoms with Crippen LogP contribution in [-0.4, -0.2) is 29.6 Å². The third-order valence-electron chi connectivity index (χ3n) is 6.51. The maximum atomic E-state index is 12.6. The SMILES string of the molecule is CC(C)Oc1ccc2c(c1)C(C1CCCC1)=C(C(=O)O)C(C1=COC(Cc3ccccc3)O1)O2. The smallest absolute Gasteiger partial charge is 0.336 e. The summed E-state index contributed by atoms with van der Waals surface area (Å²) in [6.07, 6.45) is 4.80. The summed E-state index contributed by atoms with van der Waals surface area (Å²) in [5.74, 6) is 0.905. The predicted octanol–water partition coefficient (Wildman–Crippen LogP) is 5.72. The van der Waals surface area contributed by atoms with Gasteiger partial charge in [-0.15, -0.1) is 0 Å². The number of benzene rings is 2. The standard InChI is InChI=1S/C28H30O6/c1-17(2)32-20-12-13-22-21(15-20)25(19-10-6-7-11-19)26(28(29)30)27(34-22)23-16-31-24(33-23)14-18-8-4-3-5-9-18/h3-5,8-9,12-13,15-17,19,24,27H,6-7,10-11,14H2,1-2H3,(H,29,30). The Bertz CT molecular complexity index is 1110. The molecule has 2 aromatic rings. The molecule has 2 unspecified atom stereocenters. The fourth-order valence-electron chi connectivity index (χ4n) is 5.09. The van der Waals surface area contributed by atoms with Crippen molar-refractivity contribution in [1.82, 2.24) is 0 Å². The zero-order valence-corrected chi connectivity index (χ0v) is 19.5. The van der Waals surface area contributed by atoms with Gasteiger partial charge >= 0.3 is 5.97 Å². The summed E-state index contributed by atoms with van der Waals surface area (Å²) < 4.78 is 24.0. The number of aliphatic carboxylic acids is 1. The van der Waals surface area contributed by atoms with Crippen LogP contribution in [0.5, 0.6) is 11.5 Å². The second-order valence-corrected chi connectivity index (χ2v) is 9.33. The van der Waals surface area contributed by atoms with Crippen molar-refractivity contribution in [2.24, 2.45) is 5.92 Å². The fourth-order valence-corrected chi connectivity index (χ4v) is 5.09. The van der Waals surface area contributed by atoms with Crippen molar-refractivity contribution in [3.8, 4) is 11.5 Å². The summed E-state index contributed by atoms with van der Waals surface area (Å²) in [4.78, 5) is 12.6. The van der Waals surface area contributed by atoms with Gasteiger partial charge in [0, 0.05) is 12.0 Å². The van der Waals surface area contributed by atoms with E-state index in [4.69, 9.17) is 18.9 Å². The molecule has 0 amide bonds. The van der Waals surface area contributed by atoms with Gasteiger partial charge in [0.15, 0.2) is 11.9 Å². The minimum absolute atomic E-state index is 0.0175. The molecule has 1 fully saturated rings. The number of allylic oxidation sites excluding steroid dienone is 1. The summed E-state index contributed by atoms with van der Waals surface area (Å²) in [6, 6.07) is 15.6. The Morgan fingerprint density at radius 2 is 1.85 bits per heavy atom. The first kappa shape index (κ1) is 22.4. The zero-order chi connectivity index (χ0) is 23.7. The monoisotopic (exact) mass is 462 g/mol. The first-order valence-corrected chi connectivity index (χ1v) is 12.0. The number of carboxylic acid groups (broad SMARTS) is 1. The van der Waals surface area contributed by atoms with E-state index in [1.165, 1.54) is 6.26 Å². The van der Waals surface area contributed by atoms with Gasteiger partial charge in [0.2, 0.25) is 6.29 Å². The first-order chi connectivity index (χ1) is 16.5. The summed E-state index contributed by atoms with van der Waals surface area (Å²) in [6.45, 7) is 3.94. The molecule has 1 N–H and O–H groups in total. The van der Waals surface area contributed by atoms with Crippen LogP contribution < -0.4 is 9.47 Å². The molecule has 34 heavy (non-hydrogen) atoms. The lowest BCUT2D eigenvalue weighted by molar-refractivity contribution is -0.133. The maximum absolute atomic E-state index is 12.6. The lowest BCUT2D eigenvalue weighted by atomic mass is 9.82. The number of fused-ring (bicyclic) bond motifs is 1. The molecule has 0 saturated heterocycles. The highest BCUT2D eigenvalue weighted by atomic mass is 16.7. The first-order valence-electron chi connectivity index (χ1n) is 12.0. The van der Waals surface area contributed by atoms with E-state index in [9.17, 15) is 9.90 Å². The van der Waals surface area contributed by atoms with E-state index < -0.39 is 18.4 Å². The number of hydrogen-bond donors (Lipinski definition) is 1. The fraction of sp³-hybridized carbons (Fsp3) is 0.393. The molecule has 1 aliphatic carbocycles. The average molecular weight is 463 g/mol. The third-order valence-corrected chi connectivity index (χ3v) is 6.51. The molecule has 0 radical (unpaired) electrons. The Labute approximate surface area is 199 Å². The van der Waals surface area contributed by atoms with Crippen LogP contribution in [-0.2, 0) is 20.7 Å². The lowest BCUT2D eigenvalue weighted by Crippen LogP contribution is -2.33. The molecular formula is C28H30O6. The largest absolute Gasteiger partial charge is 0.491 e. The zero-order valence-electron chi connectivity index (χ0n) is 19.5. The Balaban J connectivity index is 1.49. The number of hydrogen-bond acceptors (Lipinski definition) is 5. The van der Waals surface area contributed by atoms with Gasteiger partial charge in [-0.3, -0.25) is 0 Å². The number of rotatable bonds is 7. The van der Waals surface area contributed by atoms with E-state index in [2.05, 4.69) is 0 Å². The van der Waals surface area contributed by atoms with Gasteiger partial charge < -0.3 is 24.1 Å². The molecule has 2 atom stereocenters. The number of ether oxygens (including phenoxy) is 4. The van der Waals surface area contributed by atoms with Crippen molar-refractivity contribution in [2.45, 2.75) is 64.4 Å². The lowest BCUT2D eigenvalue weighted by Gasteiger charge is -2.32. The molecule has 2 heterocycles. The molecule has 2 aromatic carbocycles.